The fraction of sp³-hybridized carbons (Fsp3) is 0. The molecule has 0 saturated carbocycles. The third-order valence-corrected chi connectivity index (χ3v) is 33.2. The van der Waals surface area contributed by atoms with Crippen LogP contribution in [-0.2, 0) is 0 Å². The maximum Gasteiger partial charge on any atom is 0.127 e. The lowest BCUT2D eigenvalue weighted by Gasteiger charge is -2.15. The Morgan fingerprint density at radius 2 is 0.457 bits per heavy atom. The molecule has 0 unspecified atom stereocenters. The van der Waals surface area contributed by atoms with E-state index in [2.05, 4.69) is 374 Å². The summed E-state index contributed by atoms with van der Waals surface area (Å²) >= 11 is 11.0. The molecule has 0 atom stereocenters. The van der Waals surface area contributed by atoms with Crippen LogP contribution in [0.15, 0.2) is 383 Å². The molecule has 0 spiro atoms. The smallest absolute Gasteiger partial charge is 0.127 e. The van der Waals surface area contributed by atoms with Gasteiger partial charge in [-0.2, -0.15) is 0 Å². The first-order valence-electron chi connectivity index (χ1n) is 43.0. The van der Waals surface area contributed by atoms with E-state index in [0.717, 1.165) is 47.7 Å². The van der Waals surface area contributed by atoms with Crippen LogP contribution in [0.1, 0.15) is 0 Å². The fourth-order valence-corrected chi connectivity index (χ4v) is 28.4. The quantitative estimate of drug-likeness (QED) is 0.154. The number of hydrogen-bond acceptors (Lipinski definition) is 12. The van der Waals surface area contributed by atoms with E-state index in [1.54, 1.807) is 53.0 Å². The number of hydrogen-bond donors (Lipinski definition) is 0. The third-order valence-electron chi connectivity index (χ3n) is 26.2. The molecule has 0 amide bonds. The van der Waals surface area contributed by atoms with Crippen LogP contribution in [-0.4, -0.2) is 43.6 Å². The van der Waals surface area contributed by atoms with Crippen molar-refractivity contribution < 1.29 is 0 Å². The molecule has 0 saturated heterocycles. The number of aromatic nitrogens is 9. The van der Waals surface area contributed by atoms with Crippen LogP contribution in [0.4, 0.5) is 0 Å². The number of thiophene rings is 6. The first-order chi connectivity index (χ1) is 64.0. The average Bonchev–Trinajstić information content (AvgIpc) is 1.53. The van der Waals surface area contributed by atoms with E-state index in [-0.39, 0.29) is 0 Å². The van der Waals surface area contributed by atoms with Gasteiger partial charge in [0.15, 0.2) is 0 Å². The summed E-state index contributed by atoms with van der Waals surface area (Å²) in [5.41, 5.74) is 18.0. The second-order valence-electron chi connectivity index (χ2n) is 33.0. The first kappa shape index (κ1) is 72.9. The lowest BCUT2D eigenvalue weighted by molar-refractivity contribution is 1.19. The van der Waals surface area contributed by atoms with E-state index in [0.29, 0.717) is 0 Å². The van der Waals surface area contributed by atoms with Crippen molar-refractivity contribution in [3.05, 3.63) is 383 Å². The zero-order chi connectivity index (χ0) is 84.2. The normalized spacial score (nSPS) is 12.2. The molecule has 600 valence electrons. The highest BCUT2D eigenvalue weighted by Gasteiger charge is 2.30. The van der Waals surface area contributed by atoms with Gasteiger partial charge in [-0.3, -0.25) is 0 Å². The second-order valence-corrected chi connectivity index (χ2v) is 39.2. The van der Waals surface area contributed by atoms with Gasteiger partial charge in [0, 0.05) is 175 Å². The summed E-state index contributed by atoms with van der Waals surface area (Å²) in [5.74, 6) is 0. The van der Waals surface area contributed by atoms with Crippen molar-refractivity contribution in [2.75, 3.05) is 0 Å². The summed E-state index contributed by atoms with van der Waals surface area (Å²) in [6, 6.07) is 126. The van der Waals surface area contributed by atoms with E-state index in [4.69, 9.17) is 15.0 Å². The third kappa shape index (κ3) is 10.9. The number of nitrogens with zero attached hydrogens (tertiary/aromatic N) is 9. The van der Waals surface area contributed by atoms with Gasteiger partial charge in [0.1, 0.15) is 33.5 Å². The molecule has 30 aromatic rings. The minimum Gasteiger partial charge on any atom is -0.309 e. The number of benzene rings is 18. The Labute approximate surface area is 758 Å². The minimum atomic E-state index is 1.02. The Bertz CT molecular complexity index is 9800. The Hall–Kier alpha value is -15.3. The van der Waals surface area contributed by atoms with Crippen LogP contribution < -0.4 is 0 Å². The molecular formula is C114H63N9S6. The largest absolute Gasteiger partial charge is 0.309 e. The molecule has 0 N–H and O–H groups in total. The lowest BCUT2D eigenvalue weighted by Crippen LogP contribution is -1.96. The molecule has 15 heteroatoms. The van der Waals surface area contributed by atoms with E-state index in [1.807, 2.05) is 52.6 Å². The molecule has 0 aliphatic carbocycles. The molecule has 0 aliphatic heterocycles. The number of fused-ring (bicyclic) bond motifs is 42. The monoisotopic (exact) mass is 1750 g/mol. The Morgan fingerprint density at radius 1 is 0.178 bits per heavy atom. The van der Waals surface area contributed by atoms with Crippen LogP contribution >= 0.6 is 68.0 Å². The summed E-state index contributed by atoms with van der Waals surface area (Å²) in [7, 11) is 0. The molecule has 12 aromatic heterocycles. The van der Waals surface area contributed by atoms with Gasteiger partial charge >= 0.3 is 0 Å². The standard InChI is InChI=1S/C40H21N3S2.C40H23N3S2.C34H19N3S2/c1-2-11-25-23(9-1)24-10-3-4-12-26(24)30-19-22(17-18-27(25)30)43-32-15-7-5-13-28(32)34-37(43)35-31-20-41-21-42-40(31)45-39(35)36-29-14-6-8-16-33(29)44-38(34)36;1-3-11-24(12-4-1)26-19-27(25-13-5-2-6-14-25)21-28(20-26)43-32-17-9-7-15-29(32)34-37(43)35-31-22-41-23-42-40(31)45-39(35)36-30-16-8-10-18-33(30)44-38(34)36;1-2-8-20(9-3-1)21-14-16-22(17-15-21)37-26-12-6-4-10-23(26)28-31(37)29-25-18-35-19-36-34(25)39-33(29)30-24-11-5-7-13-27(24)38-32(28)30/h1-21H;1-23H;1-19H. The van der Waals surface area contributed by atoms with Gasteiger partial charge in [-0.1, -0.05) is 267 Å². The van der Waals surface area contributed by atoms with Gasteiger partial charge < -0.3 is 13.7 Å². The summed E-state index contributed by atoms with van der Waals surface area (Å²) < 4.78 is 19.2. The molecule has 0 radical (unpaired) electrons. The first-order valence-corrected chi connectivity index (χ1v) is 47.9. The molecule has 12 heterocycles. The van der Waals surface area contributed by atoms with Gasteiger partial charge in [-0.25, -0.2) is 29.9 Å². The van der Waals surface area contributed by atoms with Gasteiger partial charge in [0.2, 0.25) is 0 Å². The maximum absolute atomic E-state index is 4.76. The zero-order valence-electron chi connectivity index (χ0n) is 68.3. The van der Waals surface area contributed by atoms with Gasteiger partial charge in [-0.15, -0.1) is 68.0 Å². The van der Waals surface area contributed by atoms with Crippen molar-refractivity contribution in [1.29, 1.82) is 0 Å². The predicted octanol–water partition coefficient (Wildman–Crippen LogP) is 33.4. The molecule has 0 aliphatic rings. The average molecular weight is 1750 g/mol. The van der Waals surface area contributed by atoms with Crippen molar-refractivity contribution >= 4 is 287 Å². The molecular weight excluding hydrogens is 1690 g/mol. The Morgan fingerprint density at radius 3 is 0.845 bits per heavy atom. The molecule has 18 aromatic carbocycles. The van der Waals surface area contributed by atoms with Gasteiger partial charge in [-0.05, 0) is 145 Å². The lowest BCUT2D eigenvalue weighted by atomic mass is 9.94. The molecule has 9 nitrogen and oxygen atoms in total. The van der Waals surface area contributed by atoms with Gasteiger partial charge in [0.25, 0.3) is 0 Å². The second kappa shape index (κ2) is 28.6. The summed E-state index contributed by atoms with van der Waals surface area (Å²) in [6.07, 6.45) is 11.0. The Kier molecular flexibility index (Phi) is 16.2. The molecule has 30 rings (SSSR count). The van der Waals surface area contributed by atoms with E-state index in [1.165, 1.54) is 222 Å². The summed E-state index contributed by atoms with van der Waals surface area (Å²) in [5, 5.41) is 30.4. The van der Waals surface area contributed by atoms with Crippen molar-refractivity contribution in [2.45, 2.75) is 0 Å². The van der Waals surface area contributed by atoms with Crippen molar-refractivity contribution in [2.24, 2.45) is 0 Å². The number of para-hydroxylation sites is 3. The maximum atomic E-state index is 4.76. The van der Waals surface area contributed by atoms with E-state index < -0.39 is 0 Å². The van der Waals surface area contributed by atoms with Crippen LogP contribution in [0.25, 0.3) is 270 Å². The van der Waals surface area contributed by atoms with Gasteiger partial charge in [0.05, 0.1) is 33.1 Å². The highest BCUT2D eigenvalue weighted by Crippen LogP contribution is 2.57. The highest BCUT2D eigenvalue weighted by molar-refractivity contribution is 7.32. The highest BCUT2D eigenvalue weighted by atomic mass is 32.1. The topological polar surface area (TPSA) is 92.1 Å². The van der Waals surface area contributed by atoms with Crippen molar-refractivity contribution in [3.8, 4) is 50.4 Å². The van der Waals surface area contributed by atoms with Crippen LogP contribution in [0.5, 0.6) is 0 Å². The van der Waals surface area contributed by atoms with Crippen molar-refractivity contribution in [3.63, 3.8) is 0 Å². The minimum absolute atomic E-state index is 1.02. The van der Waals surface area contributed by atoms with Crippen molar-refractivity contribution in [1.82, 2.24) is 43.6 Å². The van der Waals surface area contributed by atoms with Crippen LogP contribution in [0.3, 0.4) is 0 Å². The van der Waals surface area contributed by atoms with E-state index in [9.17, 15) is 0 Å². The molecule has 0 fully saturated rings. The Balaban J connectivity index is 0.0000000979. The number of rotatable bonds is 6. The van der Waals surface area contributed by atoms with Crippen LogP contribution in [0.2, 0.25) is 0 Å². The summed E-state index contributed by atoms with van der Waals surface area (Å²) in [6.45, 7) is 0. The van der Waals surface area contributed by atoms with Crippen LogP contribution in [0, 0.1) is 0 Å². The van der Waals surface area contributed by atoms with E-state index >= 15 is 0 Å². The summed E-state index contributed by atoms with van der Waals surface area (Å²) in [4.78, 5) is 30.8. The zero-order valence-corrected chi connectivity index (χ0v) is 73.2. The fourth-order valence-electron chi connectivity index (χ4n) is 20.8. The molecule has 129 heavy (non-hydrogen) atoms. The predicted molar refractivity (Wildman–Crippen MR) is 555 cm³/mol. The SMILES string of the molecule is c1ccc(-c2cc(-c3ccccc3)cc(-n3c4ccccc4c4c5sc6ccccc6c5c5sc6ncncc6c5c43)c2)cc1.c1ccc(-c2ccc(-n3c4ccccc4c4c5sc6ccccc6c5c5sc6ncncc6c5c43)cc2)cc1.c1ccc2c(c1)sc1c2c2sc3ncncc3c2c2c1c1ccccc1n2-c1ccc2c3ccccc3c3ccccc3c2c1. The molecule has 0 bridgehead atoms.